The predicted octanol–water partition coefficient (Wildman–Crippen LogP) is 10.1. The third-order valence-electron chi connectivity index (χ3n) is 9.26. The summed E-state index contributed by atoms with van der Waals surface area (Å²) in [6, 6.07) is 25.8. The maximum absolute atomic E-state index is 13.2. The fourth-order valence-corrected chi connectivity index (χ4v) is 6.72. The number of allylic oxidation sites excluding steroid dienone is 1. The first-order valence-corrected chi connectivity index (χ1v) is 18.3. The summed E-state index contributed by atoms with van der Waals surface area (Å²) in [5, 5.41) is 0.927. The van der Waals surface area contributed by atoms with Crippen molar-refractivity contribution < 1.29 is 28.2 Å². The third kappa shape index (κ3) is 11.2. The number of carbonyl (C=O) groups excluding carboxylic acids is 2. The van der Waals surface area contributed by atoms with Gasteiger partial charge in [0.25, 0.3) is 0 Å². The summed E-state index contributed by atoms with van der Waals surface area (Å²) in [6.45, 7) is 13.3. The maximum Gasteiger partial charge on any atom is 0.334 e. The van der Waals surface area contributed by atoms with Gasteiger partial charge < -0.3 is 18.6 Å². The molecule has 2 heterocycles. The lowest BCUT2D eigenvalue weighted by molar-refractivity contribution is -0.169. The van der Waals surface area contributed by atoms with Gasteiger partial charge in [0.05, 0.1) is 19.6 Å². The van der Waals surface area contributed by atoms with Crippen LogP contribution in [0.25, 0.3) is 11.0 Å². The Morgan fingerprint density at radius 2 is 1.57 bits per heavy atom. The number of carbonyl (C=O) groups is 2. The Labute approximate surface area is 303 Å². The van der Waals surface area contributed by atoms with Crippen LogP contribution >= 0.6 is 0 Å². The van der Waals surface area contributed by atoms with Crippen molar-refractivity contribution in [3.05, 3.63) is 119 Å². The van der Waals surface area contributed by atoms with E-state index in [-0.39, 0.29) is 31.5 Å². The van der Waals surface area contributed by atoms with Gasteiger partial charge in [-0.05, 0) is 85.9 Å². The molecule has 0 N–H and O–H groups in total. The molecular weight excluding hydrogens is 636 g/mol. The Balaban J connectivity index is 1.23. The average molecular weight is 689 g/mol. The zero-order valence-corrected chi connectivity index (χ0v) is 31.0. The molecule has 51 heavy (non-hydrogen) atoms. The Bertz CT molecular complexity index is 1840. The number of rotatable bonds is 15. The normalized spacial score (nSPS) is 17.3. The Kier molecular flexibility index (Phi) is 13.0. The molecule has 2 atom stereocenters. The lowest BCUT2D eigenvalue weighted by Crippen LogP contribution is -2.40. The van der Waals surface area contributed by atoms with Crippen LogP contribution in [0.1, 0.15) is 101 Å². The topological polar surface area (TPSA) is 75.0 Å². The highest BCUT2D eigenvalue weighted by atomic mass is 16.6. The van der Waals surface area contributed by atoms with Crippen molar-refractivity contribution >= 4 is 22.9 Å². The monoisotopic (exact) mass is 688 g/mol. The summed E-state index contributed by atoms with van der Waals surface area (Å²) in [5.41, 5.74) is 4.34. The number of fused-ring (bicyclic) bond motifs is 1. The van der Waals surface area contributed by atoms with Crippen molar-refractivity contribution in [3.8, 4) is 11.8 Å². The summed E-state index contributed by atoms with van der Waals surface area (Å²) in [6.07, 6.45) is 5.51. The molecule has 0 bridgehead atoms. The molecular formula is C45H52O6. The first kappa shape index (κ1) is 37.7. The van der Waals surface area contributed by atoms with Gasteiger partial charge in [0.15, 0.2) is 5.60 Å². The predicted molar refractivity (Wildman–Crippen MR) is 202 cm³/mol. The molecule has 4 aromatic rings. The molecule has 3 aromatic carbocycles. The van der Waals surface area contributed by atoms with Crippen LogP contribution in [0, 0.1) is 36.5 Å². The number of esters is 2. The number of furan rings is 1. The van der Waals surface area contributed by atoms with E-state index in [0.29, 0.717) is 42.1 Å². The summed E-state index contributed by atoms with van der Waals surface area (Å²) >= 11 is 0. The van der Waals surface area contributed by atoms with E-state index in [0.717, 1.165) is 46.9 Å². The Morgan fingerprint density at radius 3 is 2.27 bits per heavy atom. The molecule has 0 aliphatic carbocycles. The van der Waals surface area contributed by atoms with Crippen LogP contribution in [-0.4, -0.2) is 30.8 Å². The minimum atomic E-state index is -1.09. The van der Waals surface area contributed by atoms with Gasteiger partial charge in [0.1, 0.15) is 18.0 Å². The van der Waals surface area contributed by atoms with Gasteiger partial charge >= 0.3 is 11.9 Å². The van der Waals surface area contributed by atoms with Gasteiger partial charge in [0, 0.05) is 34.4 Å². The molecule has 6 heteroatoms. The van der Waals surface area contributed by atoms with Crippen molar-refractivity contribution in [2.75, 3.05) is 13.2 Å². The maximum atomic E-state index is 13.2. The average Bonchev–Trinajstić information content (AvgIpc) is 3.66. The van der Waals surface area contributed by atoms with E-state index in [1.807, 2.05) is 79.7 Å². The molecule has 0 unspecified atom stereocenters. The molecule has 5 rings (SSSR count). The van der Waals surface area contributed by atoms with Gasteiger partial charge in [-0.3, -0.25) is 4.79 Å². The zero-order valence-electron chi connectivity index (χ0n) is 31.0. The summed E-state index contributed by atoms with van der Waals surface area (Å²) in [7, 11) is 0. The smallest absolute Gasteiger partial charge is 0.334 e. The van der Waals surface area contributed by atoms with Crippen molar-refractivity contribution in [2.24, 2.45) is 17.8 Å². The van der Waals surface area contributed by atoms with E-state index < -0.39 is 11.6 Å². The molecule has 6 nitrogen and oxygen atoms in total. The first-order valence-electron chi connectivity index (χ1n) is 18.3. The number of aryl methyl sites for hydroxylation is 1. The van der Waals surface area contributed by atoms with Gasteiger partial charge in [-0.2, -0.15) is 0 Å². The van der Waals surface area contributed by atoms with E-state index >= 15 is 0 Å². The number of cyclic esters (lactones) is 1. The summed E-state index contributed by atoms with van der Waals surface area (Å²) in [4.78, 5) is 26.5. The lowest BCUT2D eigenvalue weighted by atomic mass is 9.86. The Hall–Kier alpha value is -4.60. The minimum absolute atomic E-state index is 0.0824. The minimum Gasteiger partial charge on any atom is -0.461 e. The number of benzene rings is 3. The van der Waals surface area contributed by atoms with Crippen LogP contribution in [0.5, 0.6) is 0 Å². The van der Waals surface area contributed by atoms with Crippen LogP contribution in [0.15, 0.2) is 94.9 Å². The van der Waals surface area contributed by atoms with Gasteiger partial charge in [-0.25, -0.2) is 4.79 Å². The second kappa shape index (κ2) is 17.6. The fraction of sp³-hybridized carbons (Fsp3) is 0.422. The standard InChI is InChI=1S/C45H52O6/c1-31(2)22-38(23-32(3)4)18-20-39-27-45(51-44(39)47,29-48-28-37-10-8-7-9-11-37)30-49-43(46)24-34(6)42-26-40-25-36(19-21-41(40)50-42)17-16-35-14-12-33(5)13-15-35/h7-15,19-21,25-26,31-32,34,38H,18,22-24,27-30H2,1-6H3/b39-20+/t34-,45+/m0/s1. The number of ether oxygens (including phenoxy) is 3. The quantitative estimate of drug-likeness (QED) is 0.0703. The van der Waals surface area contributed by atoms with E-state index in [4.69, 9.17) is 18.6 Å². The van der Waals surface area contributed by atoms with Crippen LogP contribution in [0.3, 0.4) is 0 Å². The summed E-state index contributed by atoms with van der Waals surface area (Å²) < 4.78 is 24.1. The SMILES string of the molecule is Cc1ccc(C#Cc2ccc3oc([C@@H](C)CC(=O)OC[C@]4(COCc5ccccc5)C/C(=C\CC(CC(C)C)CC(C)C)C(=O)O4)cc3c2)cc1. The first-order chi connectivity index (χ1) is 24.5. The van der Waals surface area contributed by atoms with E-state index in [2.05, 4.69) is 58.6 Å². The molecule has 1 aliphatic rings. The molecule has 0 radical (unpaired) electrons. The third-order valence-corrected chi connectivity index (χ3v) is 9.26. The van der Waals surface area contributed by atoms with E-state index in [9.17, 15) is 9.59 Å². The second-order valence-corrected chi connectivity index (χ2v) is 15.1. The van der Waals surface area contributed by atoms with Gasteiger partial charge in [-0.15, -0.1) is 0 Å². The van der Waals surface area contributed by atoms with Crippen LogP contribution in [0.2, 0.25) is 0 Å². The zero-order chi connectivity index (χ0) is 36.4. The van der Waals surface area contributed by atoms with Crippen molar-refractivity contribution in [2.45, 2.75) is 91.8 Å². The van der Waals surface area contributed by atoms with E-state index in [1.165, 1.54) is 5.56 Å². The molecule has 0 amide bonds. The second-order valence-electron chi connectivity index (χ2n) is 15.1. The lowest BCUT2D eigenvalue weighted by Gasteiger charge is -2.27. The van der Waals surface area contributed by atoms with Crippen molar-refractivity contribution in [1.29, 1.82) is 0 Å². The van der Waals surface area contributed by atoms with Gasteiger partial charge in [0.2, 0.25) is 0 Å². The van der Waals surface area contributed by atoms with Crippen molar-refractivity contribution in [3.63, 3.8) is 0 Å². The van der Waals surface area contributed by atoms with Gasteiger partial charge in [-0.1, -0.05) is 101 Å². The van der Waals surface area contributed by atoms with Crippen molar-refractivity contribution in [1.82, 2.24) is 0 Å². The highest BCUT2D eigenvalue weighted by Gasteiger charge is 2.45. The van der Waals surface area contributed by atoms with Crippen LogP contribution in [0.4, 0.5) is 0 Å². The molecule has 0 saturated carbocycles. The molecule has 1 aromatic heterocycles. The summed E-state index contributed by atoms with van der Waals surface area (Å²) in [5.74, 6) is 7.82. The van der Waals surface area contributed by atoms with E-state index in [1.54, 1.807) is 0 Å². The highest BCUT2D eigenvalue weighted by molar-refractivity contribution is 5.91. The molecule has 1 fully saturated rings. The molecule has 268 valence electrons. The molecule has 1 saturated heterocycles. The molecule has 0 spiro atoms. The van der Waals surface area contributed by atoms with Crippen LogP contribution < -0.4 is 0 Å². The number of hydrogen-bond acceptors (Lipinski definition) is 6. The fourth-order valence-electron chi connectivity index (χ4n) is 6.72. The van der Waals surface area contributed by atoms with Crippen LogP contribution in [-0.2, 0) is 30.4 Å². The largest absolute Gasteiger partial charge is 0.461 e. The Morgan fingerprint density at radius 1 is 0.882 bits per heavy atom. The highest BCUT2D eigenvalue weighted by Crippen LogP contribution is 2.35. The number of hydrogen-bond donors (Lipinski definition) is 0. The molecule has 1 aliphatic heterocycles.